The molecule has 0 aromatic heterocycles. The zero-order valence-electron chi connectivity index (χ0n) is 28.0. The molecule has 0 saturated carbocycles. The Labute approximate surface area is 258 Å². The van der Waals surface area contributed by atoms with Crippen molar-refractivity contribution in [3.05, 3.63) is 53.6 Å². The van der Waals surface area contributed by atoms with E-state index in [2.05, 4.69) is 94.1 Å². The number of unbranched alkanes of at least 4 members (excludes halogenated alkanes) is 11. The molecule has 0 bridgehead atoms. The third-order valence-electron chi connectivity index (χ3n) is 8.09. The lowest BCUT2D eigenvalue weighted by atomic mass is 9.99. The third-order valence-corrected chi connectivity index (χ3v) is 8.09. The van der Waals surface area contributed by atoms with Gasteiger partial charge in [-0.25, -0.2) is 0 Å². The first-order valence-corrected chi connectivity index (χ1v) is 17.0. The number of hydrogen-bond donors (Lipinski definition) is 0. The van der Waals surface area contributed by atoms with Crippen molar-refractivity contribution in [2.24, 2.45) is 0 Å². The van der Waals surface area contributed by atoms with Crippen LogP contribution >= 0.6 is 0 Å². The molecule has 42 heavy (non-hydrogen) atoms. The number of hydrogen-bond acceptors (Lipinski definition) is 5. The van der Waals surface area contributed by atoms with E-state index in [-0.39, 0.29) is 6.10 Å². The van der Waals surface area contributed by atoms with Gasteiger partial charge in [-0.3, -0.25) is 0 Å². The van der Waals surface area contributed by atoms with Gasteiger partial charge in [0.1, 0.15) is 11.9 Å². The van der Waals surface area contributed by atoms with Gasteiger partial charge in [0.2, 0.25) is 0 Å². The van der Waals surface area contributed by atoms with E-state index in [1.165, 1.54) is 87.6 Å². The highest BCUT2D eigenvalue weighted by atomic mass is 16.5. The molecule has 0 aliphatic heterocycles. The van der Waals surface area contributed by atoms with E-state index in [0.29, 0.717) is 6.61 Å². The summed E-state index contributed by atoms with van der Waals surface area (Å²) in [6.45, 7) is 13.6. The molecule has 0 saturated heterocycles. The number of nitrogens with zero attached hydrogens (tertiary/aromatic N) is 2. The predicted octanol–water partition coefficient (Wildman–Crippen LogP) is 9.82. The molecule has 1 atom stereocenters. The molecule has 238 valence electrons. The van der Waals surface area contributed by atoms with Gasteiger partial charge in [-0.15, -0.1) is 0 Å². The molecular weight excluding hydrogens is 520 g/mol. The molecule has 5 nitrogen and oxygen atoms in total. The second-order valence-corrected chi connectivity index (χ2v) is 11.5. The Balaban J connectivity index is 1.85. The quantitative estimate of drug-likeness (QED) is 0.109. The summed E-state index contributed by atoms with van der Waals surface area (Å²) < 4.78 is 18.3. The average molecular weight is 583 g/mol. The van der Waals surface area contributed by atoms with Crippen LogP contribution < -0.4 is 14.5 Å². The zero-order valence-corrected chi connectivity index (χ0v) is 28.0. The number of rotatable bonds is 25. The van der Waals surface area contributed by atoms with Crippen LogP contribution in [-0.2, 0) is 9.47 Å². The van der Waals surface area contributed by atoms with Crippen molar-refractivity contribution in [1.82, 2.24) is 0 Å². The maximum atomic E-state index is 6.65. The van der Waals surface area contributed by atoms with Crippen LogP contribution in [0.4, 0.5) is 11.4 Å². The Morgan fingerprint density at radius 3 is 1.62 bits per heavy atom. The van der Waals surface area contributed by atoms with E-state index in [1.807, 2.05) is 0 Å². The monoisotopic (exact) mass is 582 g/mol. The lowest BCUT2D eigenvalue weighted by Gasteiger charge is -2.26. The number of ether oxygens (including phenoxy) is 3. The zero-order chi connectivity index (χ0) is 30.4. The van der Waals surface area contributed by atoms with E-state index in [1.54, 1.807) is 0 Å². The third kappa shape index (κ3) is 13.4. The first-order valence-electron chi connectivity index (χ1n) is 17.0. The highest BCUT2D eigenvalue weighted by Gasteiger charge is 2.21. The Morgan fingerprint density at radius 2 is 1.12 bits per heavy atom. The fourth-order valence-electron chi connectivity index (χ4n) is 5.54. The molecule has 0 heterocycles. The normalized spacial score (nSPS) is 12.0. The van der Waals surface area contributed by atoms with Crippen molar-refractivity contribution in [1.29, 1.82) is 0 Å². The fourth-order valence-corrected chi connectivity index (χ4v) is 5.54. The Morgan fingerprint density at radius 1 is 0.595 bits per heavy atom. The molecule has 0 aliphatic carbocycles. The van der Waals surface area contributed by atoms with E-state index < -0.39 is 0 Å². The molecule has 0 N–H and O–H groups in total. The minimum atomic E-state index is -0.146. The first-order chi connectivity index (χ1) is 20.5. The Hall–Kier alpha value is -2.24. The summed E-state index contributed by atoms with van der Waals surface area (Å²) in [6, 6.07) is 15.4. The van der Waals surface area contributed by atoms with Gasteiger partial charge in [-0.1, -0.05) is 82.4 Å². The predicted molar refractivity (Wildman–Crippen MR) is 182 cm³/mol. The summed E-state index contributed by atoms with van der Waals surface area (Å²) in [4.78, 5) is 4.50. The molecule has 2 rings (SSSR count). The Kier molecular flexibility index (Phi) is 19.1. The largest absolute Gasteiger partial charge is 0.493 e. The van der Waals surface area contributed by atoms with Crippen LogP contribution in [0.1, 0.15) is 122 Å². The van der Waals surface area contributed by atoms with Crippen LogP contribution in [0.3, 0.4) is 0 Å². The molecule has 0 radical (unpaired) electrons. The lowest BCUT2D eigenvalue weighted by molar-refractivity contribution is 0.0747. The van der Waals surface area contributed by atoms with Crippen LogP contribution in [0.15, 0.2) is 42.5 Å². The second-order valence-electron chi connectivity index (χ2n) is 11.5. The molecule has 2 aromatic carbocycles. The minimum Gasteiger partial charge on any atom is -0.493 e. The van der Waals surface area contributed by atoms with Crippen LogP contribution in [0, 0.1) is 0 Å². The van der Waals surface area contributed by atoms with Crippen LogP contribution in [0.25, 0.3) is 0 Å². The van der Waals surface area contributed by atoms with Crippen molar-refractivity contribution in [2.75, 3.05) is 63.4 Å². The summed E-state index contributed by atoms with van der Waals surface area (Å²) in [5.74, 6) is 0.925. The van der Waals surface area contributed by atoms with E-state index >= 15 is 0 Å². The van der Waals surface area contributed by atoms with Crippen molar-refractivity contribution in [2.45, 2.75) is 111 Å². The molecular formula is C37H62N2O3. The highest BCUT2D eigenvalue weighted by Crippen LogP contribution is 2.36. The van der Waals surface area contributed by atoms with Crippen molar-refractivity contribution < 1.29 is 14.2 Å². The maximum Gasteiger partial charge on any atom is 0.127 e. The van der Waals surface area contributed by atoms with Gasteiger partial charge >= 0.3 is 0 Å². The molecule has 0 spiro atoms. The summed E-state index contributed by atoms with van der Waals surface area (Å²) in [6.07, 6.45) is 15.6. The summed E-state index contributed by atoms with van der Waals surface area (Å²) in [5, 5.41) is 0. The van der Waals surface area contributed by atoms with Crippen LogP contribution in [0.5, 0.6) is 5.75 Å². The van der Waals surface area contributed by atoms with E-state index in [4.69, 9.17) is 14.2 Å². The second kappa shape index (κ2) is 22.3. The summed E-state index contributed by atoms with van der Waals surface area (Å²) in [5.41, 5.74) is 4.68. The van der Waals surface area contributed by atoms with Gasteiger partial charge in [-0.05, 0) is 64.3 Å². The Bertz CT molecular complexity index is 927. The smallest absolute Gasteiger partial charge is 0.127 e. The molecule has 2 aromatic rings. The number of anilines is 2. The highest BCUT2D eigenvalue weighted by molar-refractivity contribution is 5.56. The SMILES string of the molecule is CCOCCCCCCCCCCCCCCOC(c1ccc(N(C)C)cc1)c1ccc(N(CC)CC)cc1OCC. The molecule has 5 heteroatoms. The van der Waals surface area contributed by atoms with Gasteiger partial charge in [-0.2, -0.15) is 0 Å². The molecule has 0 fully saturated rings. The van der Waals surface area contributed by atoms with Crippen LogP contribution in [-0.4, -0.2) is 53.6 Å². The van der Waals surface area contributed by atoms with Crippen LogP contribution in [0.2, 0.25) is 0 Å². The van der Waals surface area contributed by atoms with Crippen molar-refractivity contribution >= 4 is 11.4 Å². The van der Waals surface area contributed by atoms with E-state index in [9.17, 15) is 0 Å². The van der Waals surface area contributed by atoms with E-state index in [0.717, 1.165) is 50.6 Å². The van der Waals surface area contributed by atoms with Crippen molar-refractivity contribution in [3.8, 4) is 5.75 Å². The standard InChI is InChI=1S/C37H62N2O3/c1-7-39(8-2)34-27-28-35(36(31-34)41-10-4)37(32-23-25-33(26-24-32)38(5)6)42-30-22-20-18-16-14-12-11-13-15-17-19-21-29-40-9-3/h23-28,31,37H,7-22,29-30H2,1-6H3. The van der Waals surface area contributed by atoms with Gasteiger partial charge < -0.3 is 24.0 Å². The van der Waals surface area contributed by atoms with Gasteiger partial charge in [0.05, 0.1) is 6.61 Å². The average Bonchev–Trinajstić information content (AvgIpc) is 3.00. The molecule has 1 unspecified atom stereocenters. The molecule has 0 amide bonds. The van der Waals surface area contributed by atoms with Gasteiger partial charge in [0, 0.05) is 70.0 Å². The minimum absolute atomic E-state index is 0.146. The maximum absolute atomic E-state index is 6.65. The van der Waals surface area contributed by atoms with Crippen molar-refractivity contribution in [3.63, 3.8) is 0 Å². The first kappa shape index (κ1) is 36.0. The summed E-state index contributed by atoms with van der Waals surface area (Å²) in [7, 11) is 4.16. The number of benzene rings is 2. The van der Waals surface area contributed by atoms with Gasteiger partial charge in [0.15, 0.2) is 0 Å². The molecule has 0 aliphatic rings. The fraction of sp³-hybridized carbons (Fsp3) is 0.676. The topological polar surface area (TPSA) is 34.2 Å². The lowest BCUT2D eigenvalue weighted by Crippen LogP contribution is -2.22. The van der Waals surface area contributed by atoms with Gasteiger partial charge in [0.25, 0.3) is 0 Å². The summed E-state index contributed by atoms with van der Waals surface area (Å²) >= 11 is 0.